The van der Waals surface area contributed by atoms with Gasteiger partial charge in [-0.2, -0.15) is 0 Å². The van der Waals surface area contributed by atoms with Crippen LogP contribution in [0.2, 0.25) is 0 Å². The van der Waals surface area contributed by atoms with Crippen LogP contribution in [0, 0.1) is 0 Å². The molecule has 2 aliphatic heterocycles. The maximum Gasteiger partial charge on any atom is 0.268 e. The van der Waals surface area contributed by atoms with E-state index >= 15 is 0 Å². The van der Waals surface area contributed by atoms with Crippen molar-refractivity contribution < 1.29 is 19.1 Å². The summed E-state index contributed by atoms with van der Waals surface area (Å²) < 4.78 is 12.6. The van der Waals surface area contributed by atoms with Crippen LogP contribution in [0.5, 0.6) is 11.5 Å². The minimum Gasteiger partial charge on any atom is -0.485 e. The van der Waals surface area contributed by atoms with E-state index in [1.165, 1.54) is 15.9 Å². The zero-order valence-corrected chi connectivity index (χ0v) is 18.1. The van der Waals surface area contributed by atoms with E-state index in [0.717, 1.165) is 17.5 Å². The number of aromatic nitrogens is 1. The molecule has 0 aliphatic carbocycles. The maximum atomic E-state index is 13.2. The van der Waals surface area contributed by atoms with Gasteiger partial charge in [-0.3, -0.25) is 14.4 Å². The molecule has 1 unspecified atom stereocenters. The highest BCUT2D eigenvalue weighted by Crippen LogP contribution is 2.40. The summed E-state index contributed by atoms with van der Waals surface area (Å²) >= 11 is 1.31. The molecule has 0 radical (unpaired) electrons. The third-order valence-corrected chi connectivity index (χ3v) is 6.49. The van der Waals surface area contributed by atoms with Crippen LogP contribution in [0.15, 0.2) is 16.4 Å². The van der Waals surface area contributed by atoms with Gasteiger partial charge in [-0.1, -0.05) is 6.92 Å². The Morgan fingerprint density at radius 3 is 2.83 bits per heavy atom. The van der Waals surface area contributed by atoms with Crippen molar-refractivity contribution in [3.05, 3.63) is 43.5 Å². The Morgan fingerprint density at radius 1 is 1.30 bits per heavy atom. The molecule has 2 aromatic rings. The molecule has 0 bridgehead atoms. The van der Waals surface area contributed by atoms with Crippen molar-refractivity contribution in [2.75, 3.05) is 19.8 Å². The van der Waals surface area contributed by atoms with Gasteiger partial charge in [0.15, 0.2) is 11.5 Å². The van der Waals surface area contributed by atoms with E-state index in [-0.39, 0.29) is 29.0 Å². The lowest BCUT2D eigenvalue weighted by atomic mass is 9.95. The van der Waals surface area contributed by atoms with Crippen molar-refractivity contribution in [1.82, 2.24) is 14.8 Å². The molecule has 2 aromatic heterocycles. The van der Waals surface area contributed by atoms with Crippen LogP contribution in [-0.4, -0.2) is 47.1 Å². The third kappa shape index (κ3) is 3.58. The number of thiophene rings is 1. The van der Waals surface area contributed by atoms with E-state index < -0.39 is 0 Å². The molecule has 4 heterocycles. The fourth-order valence-corrected chi connectivity index (χ4v) is 4.65. The molecule has 0 spiro atoms. The molecular formula is C21H25N3O5S. The number of hydrogen-bond donors (Lipinski definition) is 1. The fourth-order valence-electron chi connectivity index (χ4n) is 3.75. The average molecular weight is 432 g/mol. The first kappa shape index (κ1) is 20.5. The van der Waals surface area contributed by atoms with Crippen LogP contribution in [0.25, 0.3) is 0 Å². The van der Waals surface area contributed by atoms with Crippen molar-refractivity contribution in [3.8, 4) is 11.5 Å². The largest absolute Gasteiger partial charge is 0.485 e. The Kier molecular flexibility index (Phi) is 5.55. The molecule has 1 atom stereocenters. The fraction of sp³-hybridized carbons (Fsp3) is 0.476. The van der Waals surface area contributed by atoms with Gasteiger partial charge in [0.1, 0.15) is 23.7 Å². The Morgan fingerprint density at radius 2 is 2.07 bits per heavy atom. The number of aryl methyl sites for hydroxylation is 1. The van der Waals surface area contributed by atoms with Gasteiger partial charge < -0.3 is 24.3 Å². The zero-order valence-electron chi connectivity index (χ0n) is 17.3. The van der Waals surface area contributed by atoms with Gasteiger partial charge in [0.2, 0.25) is 0 Å². The summed E-state index contributed by atoms with van der Waals surface area (Å²) in [7, 11) is 1.63. The molecule has 2 aliphatic rings. The summed E-state index contributed by atoms with van der Waals surface area (Å²) in [5.74, 6) is 0.644. The van der Waals surface area contributed by atoms with Crippen molar-refractivity contribution in [1.29, 1.82) is 0 Å². The average Bonchev–Trinajstić information content (AvgIpc) is 3.17. The number of ether oxygens (including phenoxy) is 2. The van der Waals surface area contributed by atoms with E-state index in [0.29, 0.717) is 49.1 Å². The number of pyridine rings is 1. The molecule has 0 aromatic carbocycles. The first-order valence-corrected chi connectivity index (χ1v) is 11.0. The molecule has 4 rings (SSSR count). The predicted molar refractivity (Wildman–Crippen MR) is 113 cm³/mol. The topological polar surface area (TPSA) is 89.9 Å². The number of carbonyl (C=O) groups is 2. The second-order valence-corrected chi connectivity index (χ2v) is 8.52. The van der Waals surface area contributed by atoms with Gasteiger partial charge in [-0.05, 0) is 30.9 Å². The van der Waals surface area contributed by atoms with Crippen LogP contribution in [0.4, 0.5) is 0 Å². The first-order chi connectivity index (χ1) is 14.4. The maximum absolute atomic E-state index is 13.2. The number of fused-ring (bicyclic) bond motifs is 2. The van der Waals surface area contributed by atoms with Crippen molar-refractivity contribution in [2.24, 2.45) is 7.05 Å². The summed E-state index contributed by atoms with van der Waals surface area (Å²) in [6, 6.07) is -0.0213. The highest BCUT2D eigenvalue weighted by molar-refractivity contribution is 7.12. The molecule has 0 saturated heterocycles. The monoisotopic (exact) mass is 431 g/mol. The van der Waals surface area contributed by atoms with Crippen molar-refractivity contribution in [3.63, 3.8) is 0 Å². The Balaban J connectivity index is 1.63. The van der Waals surface area contributed by atoms with Crippen LogP contribution in [0.1, 0.15) is 51.4 Å². The smallest absolute Gasteiger partial charge is 0.268 e. The third-order valence-electron chi connectivity index (χ3n) is 5.57. The zero-order chi connectivity index (χ0) is 21.4. The Hall–Kier alpha value is -2.81. The van der Waals surface area contributed by atoms with E-state index in [2.05, 4.69) is 5.32 Å². The number of amides is 2. The lowest BCUT2D eigenvalue weighted by Crippen LogP contribution is -2.42. The minimum atomic E-state index is -0.348. The van der Waals surface area contributed by atoms with E-state index in [9.17, 15) is 14.4 Å². The van der Waals surface area contributed by atoms with Crippen LogP contribution in [-0.2, 0) is 20.0 Å². The second-order valence-electron chi connectivity index (χ2n) is 7.64. The Labute approximate surface area is 178 Å². The molecule has 9 heteroatoms. The van der Waals surface area contributed by atoms with Crippen LogP contribution >= 0.6 is 11.3 Å². The van der Waals surface area contributed by atoms with Gasteiger partial charge in [0, 0.05) is 37.8 Å². The van der Waals surface area contributed by atoms with E-state index in [1.54, 1.807) is 23.5 Å². The van der Waals surface area contributed by atoms with Gasteiger partial charge in [0.05, 0.1) is 0 Å². The van der Waals surface area contributed by atoms with E-state index in [1.807, 2.05) is 13.8 Å². The highest BCUT2D eigenvalue weighted by atomic mass is 32.1. The number of rotatable bonds is 4. The van der Waals surface area contributed by atoms with Crippen LogP contribution in [0.3, 0.4) is 0 Å². The van der Waals surface area contributed by atoms with Crippen molar-refractivity contribution >= 4 is 23.2 Å². The number of nitrogens with zero attached hydrogens (tertiary/aromatic N) is 2. The lowest BCUT2D eigenvalue weighted by Gasteiger charge is -2.30. The summed E-state index contributed by atoms with van der Waals surface area (Å²) in [6.45, 7) is 5.54. The summed E-state index contributed by atoms with van der Waals surface area (Å²) in [4.78, 5) is 40.9. The molecule has 30 heavy (non-hydrogen) atoms. The molecular weight excluding hydrogens is 406 g/mol. The molecule has 0 saturated carbocycles. The number of hydrogen-bond acceptors (Lipinski definition) is 6. The quantitative estimate of drug-likeness (QED) is 0.799. The molecule has 8 nitrogen and oxygen atoms in total. The minimum absolute atomic E-state index is 0.0213. The van der Waals surface area contributed by atoms with Gasteiger partial charge in [-0.25, -0.2) is 0 Å². The molecule has 2 amide bonds. The standard InChI is InChI=1S/C21H25N3O5S/c1-4-12(2)22-19(25)16-14-5-6-24(10-13(14)9-23(3)20(16)26)21(27)18-17-15(11-30-18)28-7-8-29-17/h9,11-12H,4-8,10H2,1-3H3,(H,22,25). The SMILES string of the molecule is CCC(C)NC(=O)c1c2c(cn(C)c1=O)CN(C(=O)c1scc3c1OCCO3)CC2. The van der Waals surface area contributed by atoms with E-state index in [4.69, 9.17) is 9.47 Å². The van der Waals surface area contributed by atoms with Gasteiger partial charge in [-0.15, -0.1) is 11.3 Å². The summed E-state index contributed by atoms with van der Waals surface area (Å²) in [5, 5.41) is 4.69. The molecule has 1 N–H and O–H groups in total. The Bertz CT molecular complexity index is 1060. The first-order valence-electron chi connectivity index (χ1n) is 10.1. The van der Waals surface area contributed by atoms with Gasteiger partial charge in [0.25, 0.3) is 17.4 Å². The second kappa shape index (κ2) is 8.14. The molecule has 0 fully saturated rings. The normalized spacial score (nSPS) is 16.0. The summed E-state index contributed by atoms with van der Waals surface area (Å²) in [5.41, 5.74) is 1.42. The number of carbonyl (C=O) groups excluding carboxylic acids is 2. The molecule has 160 valence electrons. The van der Waals surface area contributed by atoms with Crippen LogP contribution < -0.4 is 20.3 Å². The van der Waals surface area contributed by atoms with Crippen molar-refractivity contribution in [2.45, 2.75) is 39.3 Å². The van der Waals surface area contributed by atoms with Gasteiger partial charge >= 0.3 is 0 Å². The highest BCUT2D eigenvalue weighted by Gasteiger charge is 2.31. The lowest BCUT2D eigenvalue weighted by molar-refractivity contribution is 0.0730. The summed E-state index contributed by atoms with van der Waals surface area (Å²) in [6.07, 6.45) is 2.95. The predicted octanol–water partition coefficient (Wildman–Crippen LogP) is 1.94. The number of nitrogens with one attached hydrogen (secondary N) is 1.